The predicted molar refractivity (Wildman–Crippen MR) is 110 cm³/mol. The third-order valence-electron chi connectivity index (χ3n) is 4.27. The van der Waals surface area contributed by atoms with Crippen LogP contribution in [0.1, 0.15) is 104 Å². The van der Waals surface area contributed by atoms with Gasteiger partial charge >= 0.3 is 7.75 Å². The lowest BCUT2D eigenvalue weighted by Gasteiger charge is -2.14. The largest absolute Gasteiger partial charge is 0.405 e. The Kier molecular flexibility index (Phi) is 18.1. The van der Waals surface area contributed by atoms with E-state index in [0.717, 1.165) is 19.3 Å². The van der Waals surface area contributed by atoms with Crippen molar-refractivity contribution in [3.63, 3.8) is 0 Å². The number of rotatable bonds is 19. The highest BCUT2D eigenvalue weighted by atomic mass is 31.2. The number of allylic oxidation sites excluding steroid dienone is 2. The van der Waals surface area contributed by atoms with Crippen LogP contribution in [0.5, 0.6) is 0 Å². The molecule has 3 N–H and O–H groups in total. The van der Waals surface area contributed by atoms with Gasteiger partial charge in [0.1, 0.15) is 6.23 Å². The number of nitrogens with one attached hydrogen (secondary N) is 1. The molecule has 0 fully saturated rings. The molecule has 0 amide bonds. The molecule has 5 nitrogen and oxygen atoms in total. The Morgan fingerprint density at radius 2 is 1.35 bits per heavy atom. The molecule has 0 heterocycles. The van der Waals surface area contributed by atoms with Gasteiger partial charge in [-0.05, 0) is 39.0 Å². The van der Waals surface area contributed by atoms with Gasteiger partial charge in [0.15, 0.2) is 0 Å². The van der Waals surface area contributed by atoms with E-state index in [1.807, 2.05) is 0 Å². The Hall–Kier alpha value is -0.190. The third kappa shape index (κ3) is 20.1. The Balaban J connectivity index is 3.26. The maximum atomic E-state index is 11.4. The molecule has 0 aromatic heterocycles. The van der Waals surface area contributed by atoms with Gasteiger partial charge in [-0.25, -0.2) is 4.57 Å². The third-order valence-corrected chi connectivity index (χ3v) is 5.50. The highest BCUT2D eigenvalue weighted by Crippen LogP contribution is 2.37. The van der Waals surface area contributed by atoms with E-state index in [2.05, 4.69) is 24.2 Å². The summed E-state index contributed by atoms with van der Waals surface area (Å²) in [7, 11) is -3.85. The minimum Gasteiger partial charge on any atom is -0.378 e. The second-order valence-corrected chi connectivity index (χ2v) is 8.65. The van der Waals surface area contributed by atoms with Gasteiger partial charge in [0.25, 0.3) is 0 Å². The SMILES string of the molecule is CCCCCCCC/C=C\CCCCCCCCOP(=O)(O)NC(C)O. The maximum Gasteiger partial charge on any atom is 0.405 e. The summed E-state index contributed by atoms with van der Waals surface area (Å²) in [6, 6.07) is 0. The van der Waals surface area contributed by atoms with Crippen LogP contribution in [0, 0.1) is 0 Å². The first-order chi connectivity index (χ1) is 12.5. The standard InChI is InChI=1S/C20H42NO4P/c1-3-4-5-6-7-8-9-10-11-12-13-14-15-16-17-18-19-25-26(23,24)21-20(2)22/h10-11,20,22H,3-9,12-19H2,1-2H3,(H2,21,23,24)/b11-10-. The number of aliphatic hydroxyl groups is 1. The van der Waals surface area contributed by atoms with E-state index in [-0.39, 0.29) is 6.61 Å². The lowest BCUT2D eigenvalue weighted by molar-refractivity contribution is 0.157. The summed E-state index contributed by atoms with van der Waals surface area (Å²) < 4.78 is 16.3. The zero-order valence-corrected chi connectivity index (χ0v) is 17.9. The predicted octanol–water partition coefficient (Wildman–Crippen LogP) is 6.07. The summed E-state index contributed by atoms with van der Waals surface area (Å²) in [5.74, 6) is 0. The van der Waals surface area contributed by atoms with Crippen molar-refractivity contribution < 1.29 is 19.1 Å². The molecule has 0 aromatic carbocycles. The topological polar surface area (TPSA) is 78.8 Å². The van der Waals surface area contributed by atoms with Crippen LogP contribution in [0.25, 0.3) is 0 Å². The summed E-state index contributed by atoms with van der Waals surface area (Å²) in [5, 5.41) is 11.1. The highest BCUT2D eigenvalue weighted by Gasteiger charge is 2.20. The van der Waals surface area contributed by atoms with E-state index in [9.17, 15) is 9.46 Å². The molecule has 0 aliphatic heterocycles. The summed E-state index contributed by atoms with van der Waals surface area (Å²) in [6.07, 6.45) is 20.8. The zero-order valence-electron chi connectivity index (χ0n) is 17.0. The average molecular weight is 392 g/mol. The van der Waals surface area contributed by atoms with Crippen LogP contribution in [0.15, 0.2) is 12.2 Å². The molecule has 0 radical (unpaired) electrons. The highest BCUT2D eigenvalue weighted by molar-refractivity contribution is 7.50. The number of aliphatic hydroxyl groups excluding tert-OH is 1. The first-order valence-electron chi connectivity index (χ1n) is 10.6. The van der Waals surface area contributed by atoms with Crippen molar-refractivity contribution in [1.82, 2.24) is 5.09 Å². The van der Waals surface area contributed by atoms with E-state index < -0.39 is 14.0 Å². The number of hydrogen-bond acceptors (Lipinski definition) is 3. The van der Waals surface area contributed by atoms with Crippen LogP contribution in [-0.4, -0.2) is 22.8 Å². The van der Waals surface area contributed by atoms with E-state index in [1.165, 1.54) is 77.6 Å². The molecule has 0 saturated heterocycles. The van der Waals surface area contributed by atoms with Crippen LogP contribution >= 0.6 is 7.75 Å². The first-order valence-corrected chi connectivity index (χ1v) is 12.1. The lowest BCUT2D eigenvalue weighted by atomic mass is 10.1. The fourth-order valence-electron chi connectivity index (χ4n) is 2.81. The Bertz CT molecular complexity index is 375. The number of hydrogen-bond donors (Lipinski definition) is 3. The van der Waals surface area contributed by atoms with E-state index >= 15 is 0 Å². The van der Waals surface area contributed by atoms with Gasteiger partial charge in [-0.3, -0.25) is 4.52 Å². The Morgan fingerprint density at radius 1 is 0.885 bits per heavy atom. The normalized spacial score (nSPS) is 15.4. The Morgan fingerprint density at radius 3 is 1.85 bits per heavy atom. The van der Waals surface area contributed by atoms with Gasteiger partial charge in [-0.15, -0.1) is 0 Å². The quantitative estimate of drug-likeness (QED) is 0.108. The molecule has 0 rings (SSSR count). The van der Waals surface area contributed by atoms with Gasteiger partial charge in [-0.1, -0.05) is 76.9 Å². The van der Waals surface area contributed by atoms with Crippen molar-refractivity contribution in [2.45, 2.75) is 110 Å². The van der Waals surface area contributed by atoms with Crippen molar-refractivity contribution in [1.29, 1.82) is 0 Å². The smallest absolute Gasteiger partial charge is 0.378 e. The summed E-state index contributed by atoms with van der Waals surface area (Å²) in [4.78, 5) is 9.37. The Labute approximate surface area is 161 Å². The van der Waals surface area contributed by atoms with Crippen LogP contribution < -0.4 is 5.09 Å². The number of unbranched alkanes of at least 4 members (excludes halogenated alkanes) is 12. The van der Waals surface area contributed by atoms with Crippen LogP contribution in [-0.2, 0) is 9.09 Å². The molecule has 26 heavy (non-hydrogen) atoms. The van der Waals surface area contributed by atoms with Crippen LogP contribution in [0.3, 0.4) is 0 Å². The summed E-state index contributed by atoms with van der Waals surface area (Å²) in [5.41, 5.74) is 0. The van der Waals surface area contributed by atoms with Gasteiger partial charge < -0.3 is 10.00 Å². The van der Waals surface area contributed by atoms with Crippen molar-refractivity contribution in [2.24, 2.45) is 0 Å². The van der Waals surface area contributed by atoms with E-state index in [4.69, 9.17) is 9.63 Å². The van der Waals surface area contributed by atoms with Gasteiger partial charge in [0.2, 0.25) is 0 Å². The fourth-order valence-corrected chi connectivity index (χ4v) is 3.73. The van der Waals surface area contributed by atoms with Gasteiger partial charge in [0, 0.05) is 0 Å². The lowest BCUT2D eigenvalue weighted by Crippen LogP contribution is -2.23. The fraction of sp³-hybridized carbons (Fsp3) is 0.900. The monoisotopic (exact) mass is 391 g/mol. The molecule has 0 aromatic rings. The molecule has 0 aliphatic carbocycles. The van der Waals surface area contributed by atoms with Gasteiger partial charge in [0.05, 0.1) is 6.61 Å². The van der Waals surface area contributed by atoms with Crippen molar-refractivity contribution in [3.8, 4) is 0 Å². The van der Waals surface area contributed by atoms with Crippen molar-refractivity contribution in [2.75, 3.05) is 6.61 Å². The minimum absolute atomic E-state index is 0.245. The molecule has 0 aliphatic rings. The maximum absolute atomic E-state index is 11.4. The molecular formula is C20H42NO4P. The second kappa shape index (κ2) is 18.2. The second-order valence-electron chi connectivity index (χ2n) is 7.10. The minimum atomic E-state index is -3.85. The molecule has 0 saturated carbocycles. The van der Waals surface area contributed by atoms with E-state index in [1.54, 1.807) is 0 Å². The van der Waals surface area contributed by atoms with Crippen LogP contribution in [0.4, 0.5) is 0 Å². The molecule has 0 bridgehead atoms. The van der Waals surface area contributed by atoms with Crippen molar-refractivity contribution in [3.05, 3.63) is 12.2 Å². The summed E-state index contributed by atoms with van der Waals surface area (Å²) >= 11 is 0. The van der Waals surface area contributed by atoms with Gasteiger partial charge in [-0.2, -0.15) is 5.09 Å². The first kappa shape index (κ1) is 25.8. The zero-order chi connectivity index (χ0) is 19.5. The molecule has 0 spiro atoms. The molecular weight excluding hydrogens is 349 g/mol. The molecule has 2 atom stereocenters. The van der Waals surface area contributed by atoms with E-state index in [0.29, 0.717) is 0 Å². The molecule has 156 valence electrons. The average Bonchev–Trinajstić information content (AvgIpc) is 2.56. The molecule has 6 heteroatoms. The van der Waals surface area contributed by atoms with Crippen LogP contribution in [0.2, 0.25) is 0 Å². The summed E-state index contributed by atoms with van der Waals surface area (Å²) in [6.45, 7) is 3.89. The van der Waals surface area contributed by atoms with Crippen molar-refractivity contribution >= 4 is 7.75 Å². The molecule has 2 unspecified atom stereocenters.